The van der Waals surface area contributed by atoms with E-state index in [9.17, 15) is 4.79 Å². The van der Waals surface area contributed by atoms with Crippen LogP contribution >= 0.6 is 23.2 Å². The second-order valence-corrected chi connectivity index (χ2v) is 5.24. The average Bonchev–Trinajstić information content (AvgIpc) is 2.44. The molecule has 0 radical (unpaired) electrons. The van der Waals surface area contributed by atoms with E-state index < -0.39 is 0 Å². The second kappa shape index (κ2) is 6.78. The van der Waals surface area contributed by atoms with Gasteiger partial charge in [-0.2, -0.15) is 0 Å². The molecule has 110 valence electrons. The Hall–Kier alpha value is -1.78. The van der Waals surface area contributed by atoms with E-state index in [1.807, 2.05) is 19.9 Å². The Bertz CT molecular complexity index is 674. The van der Waals surface area contributed by atoms with Crippen molar-refractivity contribution < 1.29 is 4.79 Å². The van der Waals surface area contributed by atoms with E-state index in [2.05, 4.69) is 15.6 Å². The van der Waals surface area contributed by atoms with Crippen LogP contribution < -0.4 is 10.6 Å². The number of halogens is 2. The van der Waals surface area contributed by atoms with Crippen LogP contribution in [-0.4, -0.2) is 17.4 Å². The van der Waals surface area contributed by atoms with E-state index in [-0.39, 0.29) is 5.91 Å². The van der Waals surface area contributed by atoms with Crippen molar-refractivity contribution in [1.29, 1.82) is 0 Å². The molecule has 2 N–H and O–H groups in total. The summed E-state index contributed by atoms with van der Waals surface area (Å²) < 4.78 is 0. The van der Waals surface area contributed by atoms with E-state index in [1.165, 1.54) is 0 Å². The Balaban J connectivity index is 2.30. The van der Waals surface area contributed by atoms with Gasteiger partial charge in [-0.05, 0) is 32.0 Å². The molecule has 21 heavy (non-hydrogen) atoms. The normalized spacial score (nSPS) is 10.3. The minimum absolute atomic E-state index is 0.289. The molecule has 2 aromatic rings. The fraction of sp³-hybridized carbons (Fsp3) is 0.200. The molecule has 0 saturated heterocycles. The van der Waals surface area contributed by atoms with Gasteiger partial charge in [0.1, 0.15) is 0 Å². The van der Waals surface area contributed by atoms with Crippen LogP contribution in [0, 0.1) is 6.92 Å². The zero-order chi connectivity index (χ0) is 15.4. The Morgan fingerprint density at radius 3 is 2.76 bits per heavy atom. The maximum Gasteiger partial charge on any atom is 0.259 e. The van der Waals surface area contributed by atoms with Crippen LogP contribution in [0.2, 0.25) is 10.0 Å². The highest BCUT2D eigenvalue weighted by molar-refractivity contribution is 6.44. The number of nitrogens with one attached hydrogen (secondary N) is 2. The zero-order valence-corrected chi connectivity index (χ0v) is 13.2. The molecule has 1 heterocycles. The summed E-state index contributed by atoms with van der Waals surface area (Å²) in [4.78, 5) is 16.6. The van der Waals surface area contributed by atoms with E-state index >= 15 is 0 Å². The first-order chi connectivity index (χ1) is 10.0. The highest BCUT2D eigenvalue weighted by Crippen LogP contribution is 2.30. The molecule has 1 amide bonds. The molecule has 0 saturated carbocycles. The third-order valence-corrected chi connectivity index (χ3v) is 3.67. The summed E-state index contributed by atoms with van der Waals surface area (Å²) in [6.07, 6.45) is 1.54. The first-order valence-corrected chi connectivity index (χ1v) is 7.24. The van der Waals surface area contributed by atoms with Gasteiger partial charge in [0.2, 0.25) is 0 Å². The van der Waals surface area contributed by atoms with E-state index in [1.54, 1.807) is 24.4 Å². The summed E-state index contributed by atoms with van der Waals surface area (Å²) in [5.74, 6) is -0.289. The molecule has 0 aliphatic heterocycles. The van der Waals surface area contributed by atoms with E-state index in [0.29, 0.717) is 27.8 Å². The topological polar surface area (TPSA) is 54.0 Å². The van der Waals surface area contributed by atoms with Crippen LogP contribution in [0.3, 0.4) is 0 Å². The van der Waals surface area contributed by atoms with Gasteiger partial charge in [0.25, 0.3) is 5.91 Å². The molecule has 0 unspecified atom stereocenters. The third-order valence-electron chi connectivity index (χ3n) is 2.85. The number of pyridine rings is 1. The third kappa shape index (κ3) is 3.65. The van der Waals surface area contributed by atoms with Crippen molar-refractivity contribution in [1.82, 2.24) is 4.98 Å². The number of nitrogens with zero attached hydrogens (tertiary/aromatic N) is 1. The zero-order valence-electron chi connectivity index (χ0n) is 11.7. The van der Waals surface area contributed by atoms with Crippen molar-refractivity contribution >= 4 is 40.5 Å². The molecule has 0 spiro atoms. The largest absolute Gasteiger partial charge is 0.385 e. The number of carbonyl (C=O) groups excluding carboxylic acids is 1. The number of aromatic nitrogens is 1. The van der Waals surface area contributed by atoms with Crippen LogP contribution in [0.15, 0.2) is 30.5 Å². The first kappa shape index (κ1) is 15.6. The van der Waals surface area contributed by atoms with Crippen LogP contribution in [0.1, 0.15) is 23.0 Å². The number of amides is 1. The molecule has 1 aromatic heterocycles. The highest BCUT2D eigenvalue weighted by atomic mass is 35.5. The van der Waals surface area contributed by atoms with Gasteiger partial charge in [-0.15, -0.1) is 0 Å². The summed E-state index contributed by atoms with van der Waals surface area (Å²) in [6.45, 7) is 4.54. The van der Waals surface area contributed by atoms with Crippen molar-refractivity contribution in [3.8, 4) is 0 Å². The van der Waals surface area contributed by atoms with Gasteiger partial charge in [-0.3, -0.25) is 9.78 Å². The summed E-state index contributed by atoms with van der Waals surface area (Å²) >= 11 is 12.0. The number of rotatable bonds is 4. The molecule has 2 rings (SSSR count). The van der Waals surface area contributed by atoms with E-state index in [4.69, 9.17) is 23.2 Å². The maximum atomic E-state index is 12.4. The standard InChI is InChI=1S/C15H15Cl2N3O/c1-3-18-13-7-9(2)19-8-10(13)15(21)20-12-6-4-5-11(16)14(12)17/h4-8H,3H2,1-2H3,(H,18,19)(H,20,21). The minimum atomic E-state index is -0.289. The van der Waals surface area contributed by atoms with Crippen LogP contribution in [0.5, 0.6) is 0 Å². The predicted octanol–water partition coefficient (Wildman–Crippen LogP) is 4.38. The van der Waals surface area contributed by atoms with Crippen molar-refractivity contribution in [2.75, 3.05) is 17.2 Å². The smallest absolute Gasteiger partial charge is 0.259 e. The molecule has 1 aromatic carbocycles. The SMILES string of the molecule is CCNc1cc(C)ncc1C(=O)Nc1cccc(Cl)c1Cl. The summed E-state index contributed by atoms with van der Waals surface area (Å²) in [7, 11) is 0. The minimum Gasteiger partial charge on any atom is -0.385 e. The van der Waals surface area contributed by atoms with Crippen LogP contribution in [0.25, 0.3) is 0 Å². The lowest BCUT2D eigenvalue weighted by Crippen LogP contribution is -2.16. The highest BCUT2D eigenvalue weighted by Gasteiger charge is 2.14. The second-order valence-electron chi connectivity index (χ2n) is 4.46. The monoisotopic (exact) mass is 323 g/mol. The number of benzene rings is 1. The lowest BCUT2D eigenvalue weighted by atomic mass is 10.2. The molecule has 6 heteroatoms. The van der Waals surface area contributed by atoms with E-state index in [0.717, 1.165) is 11.4 Å². The van der Waals surface area contributed by atoms with Gasteiger partial charge in [0, 0.05) is 18.4 Å². The Morgan fingerprint density at radius 1 is 1.29 bits per heavy atom. The lowest BCUT2D eigenvalue weighted by Gasteiger charge is -2.12. The molecule has 0 aliphatic rings. The predicted molar refractivity (Wildman–Crippen MR) is 87.6 cm³/mol. The molecule has 0 fully saturated rings. The molecule has 0 bridgehead atoms. The van der Waals surface area contributed by atoms with Gasteiger partial charge >= 0.3 is 0 Å². The van der Waals surface area contributed by atoms with Gasteiger partial charge < -0.3 is 10.6 Å². The summed E-state index contributed by atoms with van der Waals surface area (Å²) in [6, 6.07) is 6.91. The summed E-state index contributed by atoms with van der Waals surface area (Å²) in [5, 5.41) is 6.61. The van der Waals surface area contributed by atoms with Gasteiger partial charge in [-0.1, -0.05) is 29.3 Å². The number of hydrogen-bond donors (Lipinski definition) is 2. The van der Waals surface area contributed by atoms with Crippen LogP contribution in [0.4, 0.5) is 11.4 Å². The lowest BCUT2D eigenvalue weighted by molar-refractivity contribution is 0.102. The fourth-order valence-corrected chi connectivity index (χ4v) is 2.22. The summed E-state index contributed by atoms with van der Waals surface area (Å²) in [5.41, 5.74) is 2.50. The molecule has 0 atom stereocenters. The van der Waals surface area contributed by atoms with Crippen molar-refractivity contribution in [3.05, 3.63) is 51.8 Å². The quantitative estimate of drug-likeness (QED) is 0.877. The number of hydrogen-bond acceptors (Lipinski definition) is 3. The van der Waals surface area contributed by atoms with Gasteiger partial charge in [-0.25, -0.2) is 0 Å². The number of carbonyl (C=O) groups is 1. The fourth-order valence-electron chi connectivity index (χ4n) is 1.87. The first-order valence-electron chi connectivity index (χ1n) is 6.48. The number of aryl methyl sites for hydroxylation is 1. The molecule has 4 nitrogen and oxygen atoms in total. The maximum absolute atomic E-state index is 12.4. The average molecular weight is 324 g/mol. The van der Waals surface area contributed by atoms with Gasteiger partial charge in [0.15, 0.2) is 0 Å². The Morgan fingerprint density at radius 2 is 2.05 bits per heavy atom. The molecular weight excluding hydrogens is 309 g/mol. The Labute approximate surface area is 133 Å². The molecule has 0 aliphatic carbocycles. The number of anilines is 2. The van der Waals surface area contributed by atoms with Crippen molar-refractivity contribution in [2.45, 2.75) is 13.8 Å². The van der Waals surface area contributed by atoms with Crippen molar-refractivity contribution in [2.24, 2.45) is 0 Å². The van der Waals surface area contributed by atoms with Gasteiger partial charge in [0.05, 0.1) is 27.0 Å². The Kier molecular flexibility index (Phi) is 5.04. The van der Waals surface area contributed by atoms with Crippen molar-refractivity contribution in [3.63, 3.8) is 0 Å². The molecular formula is C15H15Cl2N3O. The van der Waals surface area contributed by atoms with Crippen LogP contribution in [-0.2, 0) is 0 Å².